The SMILES string of the molecule is CCC(C)(NC(=O)Nc1ccccc1COC)C(=O)O. The summed E-state index contributed by atoms with van der Waals surface area (Å²) in [5.41, 5.74) is 0.120. The Hall–Kier alpha value is -2.08. The number of ether oxygens (including phenoxy) is 1. The van der Waals surface area contributed by atoms with Crippen molar-refractivity contribution in [3.05, 3.63) is 29.8 Å². The first kappa shape index (κ1) is 16.0. The average Bonchev–Trinajstić information content (AvgIpc) is 2.40. The van der Waals surface area contributed by atoms with Gasteiger partial charge >= 0.3 is 12.0 Å². The second kappa shape index (κ2) is 6.91. The predicted molar refractivity (Wildman–Crippen MR) is 75.6 cm³/mol. The van der Waals surface area contributed by atoms with Gasteiger partial charge in [0.15, 0.2) is 0 Å². The molecule has 0 saturated heterocycles. The third kappa shape index (κ3) is 3.96. The van der Waals surface area contributed by atoms with Gasteiger partial charge in [-0.2, -0.15) is 0 Å². The van der Waals surface area contributed by atoms with E-state index >= 15 is 0 Å². The van der Waals surface area contributed by atoms with Crippen LogP contribution in [0.25, 0.3) is 0 Å². The molecule has 0 spiro atoms. The molecule has 3 N–H and O–H groups in total. The van der Waals surface area contributed by atoms with Crippen LogP contribution in [-0.4, -0.2) is 29.8 Å². The largest absolute Gasteiger partial charge is 0.480 e. The molecular weight excluding hydrogens is 260 g/mol. The molecule has 0 aromatic heterocycles. The second-order valence-electron chi connectivity index (χ2n) is 4.66. The van der Waals surface area contributed by atoms with Crippen LogP contribution in [0.5, 0.6) is 0 Å². The molecule has 1 aromatic carbocycles. The van der Waals surface area contributed by atoms with Crippen molar-refractivity contribution in [3.8, 4) is 0 Å². The number of carbonyl (C=O) groups is 2. The molecule has 1 rings (SSSR count). The van der Waals surface area contributed by atoms with Gasteiger partial charge < -0.3 is 20.5 Å². The van der Waals surface area contributed by atoms with Gasteiger partial charge in [-0.25, -0.2) is 9.59 Å². The van der Waals surface area contributed by atoms with Crippen LogP contribution in [0, 0.1) is 0 Å². The first-order chi connectivity index (χ1) is 9.42. The van der Waals surface area contributed by atoms with E-state index in [1.165, 1.54) is 6.92 Å². The molecule has 0 aliphatic rings. The summed E-state index contributed by atoms with van der Waals surface area (Å²) >= 11 is 0. The minimum absolute atomic E-state index is 0.287. The maximum atomic E-state index is 11.9. The normalized spacial score (nSPS) is 13.3. The summed E-state index contributed by atoms with van der Waals surface area (Å²) in [6.07, 6.45) is 0.287. The molecule has 6 heteroatoms. The number of rotatable bonds is 6. The Morgan fingerprint density at radius 1 is 1.35 bits per heavy atom. The lowest BCUT2D eigenvalue weighted by Gasteiger charge is -2.25. The van der Waals surface area contributed by atoms with Gasteiger partial charge in [0, 0.05) is 18.4 Å². The van der Waals surface area contributed by atoms with Crippen LogP contribution in [0.3, 0.4) is 0 Å². The molecule has 0 aliphatic carbocycles. The van der Waals surface area contributed by atoms with Gasteiger partial charge in [-0.15, -0.1) is 0 Å². The number of hydrogen-bond donors (Lipinski definition) is 3. The van der Waals surface area contributed by atoms with E-state index < -0.39 is 17.5 Å². The van der Waals surface area contributed by atoms with Gasteiger partial charge in [-0.3, -0.25) is 0 Å². The van der Waals surface area contributed by atoms with Crippen molar-refractivity contribution >= 4 is 17.7 Å². The van der Waals surface area contributed by atoms with E-state index in [1.54, 1.807) is 26.2 Å². The number of carboxylic acids is 1. The number of urea groups is 1. The second-order valence-corrected chi connectivity index (χ2v) is 4.66. The third-order valence-corrected chi connectivity index (χ3v) is 3.13. The molecule has 0 heterocycles. The fourth-order valence-electron chi connectivity index (χ4n) is 1.62. The number of hydrogen-bond acceptors (Lipinski definition) is 3. The van der Waals surface area contributed by atoms with Crippen molar-refractivity contribution in [3.63, 3.8) is 0 Å². The average molecular weight is 280 g/mol. The number of anilines is 1. The predicted octanol–water partition coefficient (Wildman–Crippen LogP) is 2.21. The number of nitrogens with one attached hydrogen (secondary N) is 2. The Kier molecular flexibility index (Phi) is 5.52. The van der Waals surface area contributed by atoms with E-state index in [4.69, 9.17) is 9.84 Å². The number of benzene rings is 1. The molecule has 0 bridgehead atoms. The van der Waals surface area contributed by atoms with Gasteiger partial charge in [-0.1, -0.05) is 25.1 Å². The summed E-state index contributed by atoms with van der Waals surface area (Å²) in [6, 6.07) is 6.63. The minimum atomic E-state index is -1.29. The van der Waals surface area contributed by atoms with Crippen LogP contribution in [0.15, 0.2) is 24.3 Å². The molecule has 1 aromatic rings. The van der Waals surface area contributed by atoms with Crippen molar-refractivity contribution in [1.82, 2.24) is 5.32 Å². The van der Waals surface area contributed by atoms with Crippen LogP contribution in [-0.2, 0) is 16.1 Å². The highest BCUT2D eigenvalue weighted by Crippen LogP contribution is 2.16. The van der Waals surface area contributed by atoms with Crippen molar-refractivity contribution in [2.75, 3.05) is 12.4 Å². The molecule has 20 heavy (non-hydrogen) atoms. The van der Waals surface area contributed by atoms with Crippen molar-refractivity contribution in [2.45, 2.75) is 32.4 Å². The standard InChI is InChI=1S/C14H20N2O4/c1-4-14(2,12(17)18)16-13(19)15-11-8-6-5-7-10(11)9-20-3/h5-8H,4,9H2,1-3H3,(H,17,18)(H2,15,16,19). The molecule has 0 radical (unpaired) electrons. The first-order valence-corrected chi connectivity index (χ1v) is 6.32. The molecule has 1 atom stereocenters. The number of carboxylic acid groups (broad SMARTS) is 1. The van der Waals surface area contributed by atoms with Gasteiger partial charge in [0.25, 0.3) is 0 Å². The zero-order valence-electron chi connectivity index (χ0n) is 11.9. The third-order valence-electron chi connectivity index (χ3n) is 3.13. The van der Waals surface area contributed by atoms with Crippen LogP contribution in [0.4, 0.5) is 10.5 Å². The lowest BCUT2D eigenvalue weighted by molar-refractivity contribution is -0.143. The molecule has 2 amide bonds. The molecule has 0 fully saturated rings. The van der Waals surface area contributed by atoms with E-state index in [2.05, 4.69) is 10.6 Å². The summed E-state index contributed by atoms with van der Waals surface area (Å²) in [7, 11) is 1.56. The summed E-state index contributed by atoms with van der Waals surface area (Å²) < 4.78 is 5.04. The lowest BCUT2D eigenvalue weighted by atomic mass is 10.00. The fourth-order valence-corrected chi connectivity index (χ4v) is 1.62. The molecule has 1 unspecified atom stereocenters. The monoisotopic (exact) mass is 280 g/mol. The summed E-state index contributed by atoms with van der Waals surface area (Å²) in [4.78, 5) is 23.1. The highest BCUT2D eigenvalue weighted by molar-refractivity contribution is 5.94. The fraction of sp³-hybridized carbons (Fsp3) is 0.429. The van der Waals surface area contributed by atoms with E-state index in [-0.39, 0.29) is 6.42 Å². The number of methoxy groups -OCH3 is 1. The molecule has 6 nitrogen and oxygen atoms in total. The van der Waals surface area contributed by atoms with Crippen molar-refractivity contribution in [1.29, 1.82) is 0 Å². The van der Waals surface area contributed by atoms with Gasteiger partial charge in [-0.05, 0) is 19.4 Å². The van der Waals surface area contributed by atoms with E-state index in [1.807, 2.05) is 12.1 Å². The maximum absolute atomic E-state index is 11.9. The van der Waals surface area contributed by atoms with Crippen molar-refractivity contribution in [2.24, 2.45) is 0 Å². The topological polar surface area (TPSA) is 87.7 Å². The van der Waals surface area contributed by atoms with E-state index in [0.717, 1.165) is 5.56 Å². The minimum Gasteiger partial charge on any atom is -0.480 e. The number of carbonyl (C=O) groups excluding carboxylic acids is 1. The smallest absolute Gasteiger partial charge is 0.329 e. The summed E-state index contributed by atoms with van der Waals surface area (Å²) in [5, 5.41) is 14.2. The summed E-state index contributed by atoms with van der Waals surface area (Å²) in [6.45, 7) is 3.53. The van der Waals surface area contributed by atoms with Gasteiger partial charge in [0.05, 0.1) is 6.61 Å². The summed E-state index contributed by atoms with van der Waals surface area (Å²) in [5.74, 6) is -1.07. The molecular formula is C14H20N2O4. The number of amides is 2. The van der Waals surface area contributed by atoms with Crippen LogP contribution >= 0.6 is 0 Å². The zero-order valence-corrected chi connectivity index (χ0v) is 11.9. The van der Waals surface area contributed by atoms with E-state index in [0.29, 0.717) is 12.3 Å². The maximum Gasteiger partial charge on any atom is 0.329 e. The lowest BCUT2D eigenvalue weighted by Crippen LogP contribution is -2.53. The Balaban J connectivity index is 2.79. The van der Waals surface area contributed by atoms with Crippen LogP contribution < -0.4 is 10.6 Å². The number of aliphatic carboxylic acids is 1. The van der Waals surface area contributed by atoms with Gasteiger partial charge in [0.2, 0.25) is 0 Å². The van der Waals surface area contributed by atoms with E-state index in [9.17, 15) is 9.59 Å². The van der Waals surface area contributed by atoms with Crippen molar-refractivity contribution < 1.29 is 19.4 Å². The molecule has 0 aliphatic heterocycles. The van der Waals surface area contributed by atoms with Gasteiger partial charge in [0.1, 0.15) is 5.54 Å². The molecule has 0 saturated carbocycles. The quantitative estimate of drug-likeness (QED) is 0.745. The van der Waals surface area contributed by atoms with Crippen LogP contribution in [0.2, 0.25) is 0 Å². The molecule has 110 valence electrons. The first-order valence-electron chi connectivity index (χ1n) is 6.32. The Bertz CT molecular complexity index is 490. The zero-order chi connectivity index (χ0) is 15.2. The Labute approximate surface area is 118 Å². The Morgan fingerprint density at radius 3 is 2.55 bits per heavy atom. The highest BCUT2D eigenvalue weighted by atomic mass is 16.5. The number of para-hydroxylation sites is 1. The van der Waals surface area contributed by atoms with Crippen LogP contribution in [0.1, 0.15) is 25.8 Å². The highest BCUT2D eigenvalue weighted by Gasteiger charge is 2.32. The Morgan fingerprint density at radius 2 is 2.00 bits per heavy atom.